The predicted molar refractivity (Wildman–Crippen MR) is 128 cm³/mol. The molecule has 0 N–H and O–H groups in total. The van der Waals surface area contributed by atoms with Gasteiger partial charge >= 0.3 is 0 Å². The van der Waals surface area contributed by atoms with Gasteiger partial charge in [-0.2, -0.15) is 0 Å². The third-order valence-electron chi connectivity index (χ3n) is 6.33. The van der Waals surface area contributed by atoms with Crippen molar-refractivity contribution in [1.82, 2.24) is 19.7 Å². The zero-order valence-corrected chi connectivity index (χ0v) is 19.3. The van der Waals surface area contributed by atoms with Crippen molar-refractivity contribution in [2.45, 2.75) is 50.4 Å². The first-order chi connectivity index (χ1) is 15.7. The smallest absolute Gasteiger partial charge is 0.237 e. The molecule has 0 aliphatic carbocycles. The van der Waals surface area contributed by atoms with Crippen molar-refractivity contribution in [2.24, 2.45) is 0 Å². The van der Waals surface area contributed by atoms with Crippen LogP contribution in [-0.4, -0.2) is 50.5 Å². The number of piperidine rings is 1. The van der Waals surface area contributed by atoms with Gasteiger partial charge in [0.15, 0.2) is 11.0 Å². The number of thioether (sulfide) groups is 1. The lowest BCUT2D eigenvalue weighted by Gasteiger charge is -2.26. The highest BCUT2D eigenvalue weighted by Gasteiger charge is 2.31. The van der Waals surface area contributed by atoms with Gasteiger partial charge in [-0.05, 0) is 63.0 Å². The number of carbonyl (C=O) groups is 1. The zero-order chi connectivity index (χ0) is 21.9. The molecule has 1 unspecified atom stereocenters. The fourth-order valence-electron chi connectivity index (χ4n) is 4.79. The van der Waals surface area contributed by atoms with Crippen LogP contribution in [0.5, 0.6) is 0 Å². The van der Waals surface area contributed by atoms with Crippen LogP contribution in [0.3, 0.4) is 0 Å². The van der Waals surface area contributed by atoms with Crippen LogP contribution in [0, 0.1) is 0 Å². The van der Waals surface area contributed by atoms with Gasteiger partial charge in [0.05, 0.1) is 12.3 Å². The minimum atomic E-state index is 0.118. The first-order valence-electron chi connectivity index (χ1n) is 11.5. The van der Waals surface area contributed by atoms with Gasteiger partial charge in [-0.1, -0.05) is 54.6 Å². The molecule has 1 amide bonds. The summed E-state index contributed by atoms with van der Waals surface area (Å²) >= 11 is 1.48. The molecule has 1 aromatic heterocycles. The number of hydrogen-bond acceptors (Lipinski definition) is 5. The minimum Gasteiger partial charge on any atom is -0.308 e. The summed E-state index contributed by atoms with van der Waals surface area (Å²) in [7, 11) is 0. The maximum Gasteiger partial charge on any atom is 0.237 e. The number of aromatic nitrogens is 3. The number of hydrogen-bond donors (Lipinski definition) is 0. The average molecular weight is 448 g/mol. The number of para-hydroxylation sites is 2. The Hall–Kier alpha value is -2.64. The Morgan fingerprint density at radius 2 is 1.75 bits per heavy atom. The van der Waals surface area contributed by atoms with Crippen molar-refractivity contribution >= 4 is 23.4 Å². The van der Waals surface area contributed by atoms with Crippen LogP contribution in [0.4, 0.5) is 5.69 Å². The van der Waals surface area contributed by atoms with Crippen molar-refractivity contribution in [1.29, 1.82) is 0 Å². The number of likely N-dealkylation sites (tertiary alicyclic amines) is 1. The number of amides is 1. The fraction of sp³-hybridized carbons (Fsp3) is 0.400. The topological polar surface area (TPSA) is 54.3 Å². The summed E-state index contributed by atoms with van der Waals surface area (Å²) in [6.45, 7) is 5.11. The standard InChI is InChI=1S/C25H29N5OS/c1-19-16-20-10-6-7-13-22(20)29(19)24(31)18-32-25-27-26-23(17-28-14-8-3-9-15-28)30(25)21-11-4-2-5-12-21/h2,4-7,10-13,19H,3,8-9,14-18H2,1H3. The third kappa shape index (κ3) is 4.32. The number of carbonyl (C=O) groups excluding carboxylic acids is 1. The van der Waals surface area contributed by atoms with Crippen molar-refractivity contribution in [3.05, 3.63) is 66.0 Å². The molecule has 2 aliphatic rings. The molecule has 0 spiro atoms. The molecule has 0 radical (unpaired) electrons. The van der Waals surface area contributed by atoms with E-state index in [2.05, 4.69) is 44.8 Å². The summed E-state index contributed by atoms with van der Waals surface area (Å²) in [4.78, 5) is 17.6. The van der Waals surface area contributed by atoms with Crippen LogP contribution >= 0.6 is 11.8 Å². The maximum atomic E-state index is 13.2. The van der Waals surface area contributed by atoms with E-state index in [1.807, 2.05) is 41.3 Å². The molecule has 2 aliphatic heterocycles. The highest BCUT2D eigenvalue weighted by molar-refractivity contribution is 7.99. The number of nitrogens with zero attached hydrogens (tertiary/aromatic N) is 5. The van der Waals surface area contributed by atoms with Gasteiger partial charge in [0.2, 0.25) is 5.91 Å². The largest absolute Gasteiger partial charge is 0.308 e. The summed E-state index contributed by atoms with van der Waals surface area (Å²) in [5, 5.41) is 9.81. The molecule has 3 aromatic rings. The molecule has 166 valence electrons. The Morgan fingerprint density at radius 3 is 2.56 bits per heavy atom. The summed E-state index contributed by atoms with van der Waals surface area (Å²) < 4.78 is 2.12. The Kier molecular flexibility index (Phi) is 6.28. The van der Waals surface area contributed by atoms with Crippen molar-refractivity contribution in [2.75, 3.05) is 23.7 Å². The molecular weight excluding hydrogens is 418 g/mol. The molecule has 1 atom stereocenters. The van der Waals surface area contributed by atoms with E-state index >= 15 is 0 Å². The first-order valence-corrected chi connectivity index (χ1v) is 12.4. The summed E-state index contributed by atoms with van der Waals surface area (Å²) in [6, 6.07) is 18.6. The average Bonchev–Trinajstić information content (AvgIpc) is 3.38. The van der Waals surface area contributed by atoms with E-state index in [1.54, 1.807) is 0 Å². The van der Waals surface area contributed by atoms with E-state index in [9.17, 15) is 4.79 Å². The molecule has 1 saturated heterocycles. The van der Waals surface area contributed by atoms with Crippen LogP contribution in [0.15, 0.2) is 59.8 Å². The zero-order valence-electron chi connectivity index (χ0n) is 18.5. The predicted octanol–water partition coefficient (Wildman–Crippen LogP) is 4.32. The quantitative estimate of drug-likeness (QED) is 0.527. The highest BCUT2D eigenvalue weighted by atomic mass is 32.2. The lowest BCUT2D eigenvalue weighted by molar-refractivity contribution is -0.116. The maximum absolute atomic E-state index is 13.2. The molecule has 6 nitrogen and oxygen atoms in total. The van der Waals surface area contributed by atoms with Gasteiger partial charge in [-0.25, -0.2) is 0 Å². The van der Waals surface area contributed by atoms with Gasteiger partial charge in [0.25, 0.3) is 0 Å². The van der Waals surface area contributed by atoms with E-state index in [0.717, 1.165) is 48.4 Å². The molecular formula is C25H29N5OS. The Morgan fingerprint density at radius 1 is 1.00 bits per heavy atom. The van der Waals surface area contributed by atoms with Crippen LogP contribution < -0.4 is 4.90 Å². The van der Waals surface area contributed by atoms with Gasteiger partial charge in [-0.15, -0.1) is 10.2 Å². The molecule has 2 aromatic carbocycles. The molecule has 1 fully saturated rings. The Balaban J connectivity index is 1.36. The molecule has 0 saturated carbocycles. The summed E-state index contributed by atoms with van der Waals surface area (Å²) in [5.41, 5.74) is 3.33. The Labute approximate surface area is 193 Å². The minimum absolute atomic E-state index is 0.118. The van der Waals surface area contributed by atoms with Crippen molar-refractivity contribution in [3.8, 4) is 5.69 Å². The van der Waals surface area contributed by atoms with Crippen LogP contribution in [0.2, 0.25) is 0 Å². The summed E-state index contributed by atoms with van der Waals surface area (Å²) in [6.07, 6.45) is 4.70. The lowest BCUT2D eigenvalue weighted by Crippen LogP contribution is -2.37. The molecule has 5 rings (SSSR count). The lowest BCUT2D eigenvalue weighted by atomic mass is 10.1. The molecule has 0 bridgehead atoms. The highest BCUT2D eigenvalue weighted by Crippen LogP contribution is 2.33. The van der Waals surface area contributed by atoms with E-state index in [1.165, 1.54) is 36.6 Å². The van der Waals surface area contributed by atoms with Gasteiger partial charge in [0.1, 0.15) is 0 Å². The second-order valence-corrected chi connectivity index (χ2v) is 9.58. The monoisotopic (exact) mass is 447 g/mol. The number of rotatable bonds is 6. The van der Waals surface area contributed by atoms with E-state index < -0.39 is 0 Å². The van der Waals surface area contributed by atoms with E-state index in [4.69, 9.17) is 0 Å². The SMILES string of the molecule is CC1Cc2ccccc2N1C(=O)CSc1nnc(CN2CCCCC2)n1-c1ccccc1. The second-order valence-electron chi connectivity index (χ2n) is 8.64. The molecule has 3 heterocycles. The van der Waals surface area contributed by atoms with Gasteiger partial charge in [-0.3, -0.25) is 14.3 Å². The number of fused-ring (bicyclic) bond motifs is 1. The van der Waals surface area contributed by atoms with Crippen molar-refractivity contribution < 1.29 is 4.79 Å². The van der Waals surface area contributed by atoms with Crippen LogP contribution in [0.1, 0.15) is 37.6 Å². The van der Waals surface area contributed by atoms with Crippen LogP contribution in [-0.2, 0) is 17.8 Å². The third-order valence-corrected chi connectivity index (χ3v) is 7.24. The van der Waals surface area contributed by atoms with E-state index in [0.29, 0.717) is 5.75 Å². The fourth-order valence-corrected chi connectivity index (χ4v) is 5.62. The first kappa shape index (κ1) is 21.2. The number of benzene rings is 2. The van der Waals surface area contributed by atoms with Gasteiger partial charge in [0, 0.05) is 17.4 Å². The normalized spacial score (nSPS) is 18.7. The molecule has 32 heavy (non-hydrogen) atoms. The number of anilines is 1. The van der Waals surface area contributed by atoms with E-state index in [-0.39, 0.29) is 11.9 Å². The van der Waals surface area contributed by atoms with Crippen LogP contribution in [0.25, 0.3) is 5.69 Å². The second kappa shape index (κ2) is 9.46. The molecule has 7 heteroatoms. The Bertz CT molecular complexity index is 1080. The van der Waals surface area contributed by atoms with Crippen molar-refractivity contribution in [3.63, 3.8) is 0 Å². The summed E-state index contributed by atoms with van der Waals surface area (Å²) in [5.74, 6) is 1.40. The van der Waals surface area contributed by atoms with Gasteiger partial charge < -0.3 is 4.90 Å².